The SMILES string of the molecule is Clc1ccc(C(CCN2CCN(c3ccccn3)CC2)c2ccccc2)cc1. The summed E-state index contributed by atoms with van der Waals surface area (Å²) in [6, 6.07) is 25.3. The second-order valence-electron chi connectivity index (χ2n) is 7.32. The van der Waals surface area contributed by atoms with Gasteiger partial charge in [-0.1, -0.05) is 60.1 Å². The lowest BCUT2D eigenvalue weighted by atomic mass is 9.88. The Labute approximate surface area is 172 Å². The molecule has 4 rings (SSSR count). The first-order chi connectivity index (χ1) is 13.8. The van der Waals surface area contributed by atoms with E-state index in [-0.39, 0.29) is 0 Å². The van der Waals surface area contributed by atoms with Crippen LogP contribution in [0.4, 0.5) is 5.82 Å². The fourth-order valence-electron chi connectivity index (χ4n) is 3.96. The average Bonchev–Trinajstić information content (AvgIpc) is 2.77. The van der Waals surface area contributed by atoms with E-state index in [1.807, 2.05) is 24.4 Å². The third kappa shape index (κ3) is 4.73. The van der Waals surface area contributed by atoms with Crippen LogP contribution in [0.5, 0.6) is 0 Å². The molecule has 4 heteroatoms. The van der Waals surface area contributed by atoms with Crippen LogP contribution in [0.3, 0.4) is 0 Å². The molecule has 0 aliphatic carbocycles. The van der Waals surface area contributed by atoms with Crippen LogP contribution in [0.2, 0.25) is 5.02 Å². The van der Waals surface area contributed by atoms with Crippen molar-refractivity contribution in [1.29, 1.82) is 0 Å². The zero-order valence-electron chi connectivity index (χ0n) is 16.0. The van der Waals surface area contributed by atoms with Gasteiger partial charge in [-0.15, -0.1) is 0 Å². The largest absolute Gasteiger partial charge is 0.354 e. The van der Waals surface area contributed by atoms with Crippen molar-refractivity contribution in [3.8, 4) is 0 Å². The number of nitrogens with zero attached hydrogens (tertiary/aromatic N) is 3. The number of rotatable bonds is 6. The van der Waals surface area contributed by atoms with Crippen molar-refractivity contribution < 1.29 is 0 Å². The summed E-state index contributed by atoms with van der Waals surface area (Å²) in [4.78, 5) is 9.44. The maximum atomic E-state index is 6.11. The maximum absolute atomic E-state index is 6.11. The van der Waals surface area contributed by atoms with Crippen molar-refractivity contribution in [2.24, 2.45) is 0 Å². The van der Waals surface area contributed by atoms with Gasteiger partial charge in [0.05, 0.1) is 0 Å². The number of anilines is 1. The topological polar surface area (TPSA) is 19.4 Å². The summed E-state index contributed by atoms with van der Waals surface area (Å²) in [7, 11) is 0. The van der Waals surface area contributed by atoms with Gasteiger partial charge in [0.25, 0.3) is 0 Å². The lowest BCUT2D eigenvalue weighted by Gasteiger charge is -2.36. The lowest BCUT2D eigenvalue weighted by Crippen LogP contribution is -2.47. The lowest BCUT2D eigenvalue weighted by molar-refractivity contribution is 0.251. The van der Waals surface area contributed by atoms with Crippen molar-refractivity contribution >= 4 is 17.4 Å². The molecule has 144 valence electrons. The summed E-state index contributed by atoms with van der Waals surface area (Å²) in [6.07, 6.45) is 2.98. The molecular weight excluding hydrogens is 366 g/mol. The average molecular weight is 392 g/mol. The van der Waals surface area contributed by atoms with E-state index in [2.05, 4.69) is 69.4 Å². The van der Waals surface area contributed by atoms with Gasteiger partial charge >= 0.3 is 0 Å². The zero-order valence-corrected chi connectivity index (χ0v) is 16.8. The second-order valence-corrected chi connectivity index (χ2v) is 7.76. The quantitative estimate of drug-likeness (QED) is 0.584. The smallest absolute Gasteiger partial charge is 0.128 e. The molecule has 0 saturated carbocycles. The number of pyridine rings is 1. The Hall–Kier alpha value is -2.36. The Morgan fingerprint density at radius 3 is 2.14 bits per heavy atom. The van der Waals surface area contributed by atoms with E-state index in [1.54, 1.807) is 0 Å². The Morgan fingerprint density at radius 1 is 0.786 bits per heavy atom. The number of benzene rings is 2. The predicted molar refractivity (Wildman–Crippen MR) is 117 cm³/mol. The van der Waals surface area contributed by atoms with Crippen LogP contribution in [0.25, 0.3) is 0 Å². The van der Waals surface area contributed by atoms with E-state index in [0.29, 0.717) is 5.92 Å². The van der Waals surface area contributed by atoms with Crippen LogP contribution in [-0.2, 0) is 0 Å². The van der Waals surface area contributed by atoms with Gasteiger partial charge in [-0.05, 0) is 48.4 Å². The third-order valence-electron chi connectivity index (χ3n) is 5.55. The van der Waals surface area contributed by atoms with Crippen LogP contribution in [0.1, 0.15) is 23.5 Å². The first kappa shape index (κ1) is 19.0. The van der Waals surface area contributed by atoms with Gasteiger partial charge in [0.2, 0.25) is 0 Å². The molecule has 0 amide bonds. The van der Waals surface area contributed by atoms with E-state index in [9.17, 15) is 0 Å². The van der Waals surface area contributed by atoms with E-state index in [1.165, 1.54) is 11.1 Å². The number of aromatic nitrogens is 1. The Morgan fingerprint density at radius 2 is 1.46 bits per heavy atom. The number of hydrogen-bond donors (Lipinski definition) is 0. The van der Waals surface area contributed by atoms with Gasteiger partial charge in [0, 0.05) is 43.3 Å². The molecule has 0 bridgehead atoms. The molecule has 3 nitrogen and oxygen atoms in total. The van der Waals surface area contributed by atoms with Crippen molar-refractivity contribution in [2.45, 2.75) is 12.3 Å². The molecule has 2 aromatic carbocycles. The normalized spacial score (nSPS) is 16.1. The standard InChI is InChI=1S/C24H26ClN3/c25-22-11-9-21(10-12-22)23(20-6-2-1-3-7-20)13-15-27-16-18-28(19-17-27)24-8-4-5-14-26-24/h1-12,14,23H,13,15-19H2. The monoisotopic (exact) mass is 391 g/mol. The first-order valence-electron chi connectivity index (χ1n) is 9.98. The van der Waals surface area contributed by atoms with Crippen molar-refractivity contribution in [1.82, 2.24) is 9.88 Å². The fourth-order valence-corrected chi connectivity index (χ4v) is 4.09. The molecule has 1 aliphatic rings. The minimum atomic E-state index is 0.396. The van der Waals surface area contributed by atoms with E-state index < -0.39 is 0 Å². The molecule has 1 unspecified atom stereocenters. The molecule has 0 radical (unpaired) electrons. The molecule has 1 atom stereocenters. The van der Waals surface area contributed by atoms with Crippen molar-refractivity contribution in [2.75, 3.05) is 37.6 Å². The minimum absolute atomic E-state index is 0.396. The van der Waals surface area contributed by atoms with Crippen LogP contribution in [0.15, 0.2) is 79.0 Å². The Kier molecular flexibility index (Phi) is 6.25. The number of piperazine rings is 1. The van der Waals surface area contributed by atoms with Gasteiger partial charge < -0.3 is 4.90 Å². The van der Waals surface area contributed by atoms with Crippen LogP contribution < -0.4 is 4.90 Å². The zero-order chi connectivity index (χ0) is 19.2. The molecule has 1 saturated heterocycles. The minimum Gasteiger partial charge on any atom is -0.354 e. The van der Waals surface area contributed by atoms with Crippen LogP contribution >= 0.6 is 11.6 Å². The highest BCUT2D eigenvalue weighted by molar-refractivity contribution is 6.30. The highest BCUT2D eigenvalue weighted by Crippen LogP contribution is 2.29. The molecule has 28 heavy (non-hydrogen) atoms. The van der Waals surface area contributed by atoms with Crippen LogP contribution in [-0.4, -0.2) is 42.6 Å². The van der Waals surface area contributed by atoms with E-state index in [0.717, 1.165) is 50.0 Å². The van der Waals surface area contributed by atoms with Gasteiger partial charge in [-0.2, -0.15) is 0 Å². The molecular formula is C24H26ClN3. The summed E-state index contributed by atoms with van der Waals surface area (Å²) in [5.41, 5.74) is 2.71. The highest BCUT2D eigenvalue weighted by Gasteiger charge is 2.20. The maximum Gasteiger partial charge on any atom is 0.128 e. The third-order valence-corrected chi connectivity index (χ3v) is 5.81. The first-order valence-corrected chi connectivity index (χ1v) is 10.4. The summed E-state index contributed by atoms with van der Waals surface area (Å²) >= 11 is 6.11. The summed E-state index contributed by atoms with van der Waals surface area (Å²) in [5.74, 6) is 1.48. The van der Waals surface area contributed by atoms with Gasteiger partial charge in [0.15, 0.2) is 0 Å². The molecule has 0 N–H and O–H groups in total. The number of hydrogen-bond acceptors (Lipinski definition) is 3. The Balaban J connectivity index is 1.39. The summed E-state index contributed by atoms with van der Waals surface area (Å²) < 4.78 is 0. The van der Waals surface area contributed by atoms with E-state index in [4.69, 9.17) is 11.6 Å². The fraction of sp³-hybridized carbons (Fsp3) is 0.292. The molecule has 2 heterocycles. The summed E-state index contributed by atoms with van der Waals surface area (Å²) in [6.45, 7) is 5.33. The molecule has 0 spiro atoms. The van der Waals surface area contributed by atoms with Gasteiger partial charge in [-0.3, -0.25) is 4.90 Å². The summed E-state index contributed by atoms with van der Waals surface area (Å²) in [5, 5.41) is 0.793. The van der Waals surface area contributed by atoms with Gasteiger partial charge in [-0.25, -0.2) is 4.98 Å². The Bertz CT molecular complexity index is 844. The number of halogens is 1. The second kappa shape index (κ2) is 9.22. The van der Waals surface area contributed by atoms with Crippen LogP contribution in [0, 0.1) is 0 Å². The molecule has 3 aromatic rings. The predicted octanol–water partition coefficient (Wildman–Crippen LogP) is 5.08. The van der Waals surface area contributed by atoms with Gasteiger partial charge in [0.1, 0.15) is 5.82 Å². The molecule has 1 aromatic heterocycles. The van der Waals surface area contributed by atoms with Crippen molar-refractivity contribution in [3.63, 3.8) is 0 Å². The van der Waals surface area contributed by atoms with E-state index >= 15 is 0 Å². The molecule has 1 aliphatic heterocycles. The highest BCUT2D eigenvalue weighted by atomic mass is 35.5. The molecule has 1 fully saturated rings. The van der Waals surface area contributed by atoms with Crippen molar-refractivity contribution in [3.05, 3.63) is 95.1 Å².